The Morgan fingerprint density at radius 2 is 1.75 bits per heavy atom. The summed E-state index contributed by atoms with van der Waals surface area (Å²) in [4.78, 5) is 23.9. The lowest BCUT2D eigenvalue weighted by atomic mass is 10.2. The predicted molar refractivity (Wildman–Crippen MR) is 114 cm³/mol. The molecule has 0 bridgehead atoms. The third-order valence-electron chi connectivity index (χ3n) is 4.10. The van der Waals surface area contributed by atoms with E-state index >= 15 is 0 Å². The standard InChI is InChI=1S/C19H15N5O7S/c1-13-2-8-17(10-18(13)24(27)28)32(29,30)31-16-6-3-14(4-7-16)11-21-22-19-9-5-15(12-20-19)23(25)26/h2-12H,1H3,(H,20,22)/b21-11-. The fraction of sp³-hybridized carbons (Fsp3) is 0.0526. The fourth-order valence-corrected chi connectivity index (χ4v) is 3.41. The molecule has 0 spiro atoms. The van der Waals surface area contributed by atoms with E-state index < -0.39 is 20.0 Å². The number of aromatic nitrogens is 1. The van der Waals surface area contributed by atoms with Crippen LogP contribution in [0.3, 0.4) is 0 Å². The summed E-state index contributed by atoms with van der Waals surface area (Å²) < 4.78 is 29.9. The number of hydrogen-bond acceptors (Lipinski definition) is 10. The monoisotopic (exact) mass is 457 g/mol. The van der Waals surface area contributed by atoms with Gasteiger partial charge in [-0.2, -0.15) is 13.5 Å². The summed E-state index contributed by atoms with van der Waals surface area (Å²) >= 11 is 0. The Bertz CT molecular complexity index is 1290. The van der Waals surface area contributed by atoms with Crippen molar-refractivity contribution < 1.29 is 22.4 Å². The van der Waals surface area contributed by atoms with Crippen LogP contribution in [0.15, 0.2) is 70.8 Å². The van der Waals surface area contributed by atoms with Gasteiger partial charge in [-0.15, -0.1) is 0 Å². The SMILES string of the molecule is Cc1ccc(S(=O)(=O)Oc2ccc(/C=N\Nc3ccc([N+](=O)[O-])cn3)cc2)cc1[N+](=O)[O-]. The van der Waals surface area contributed by atoms with E-state index in [1.165, 1.54) is 61.7 Å². The maximum Gasteiger partial charge on any atom is 0.339 e. The van der Waals surface area contributed by atoms with Crippen LogP contribution < -0.4 is 9.61 Å². The van der Waals surface area contributed by atoms with Crippen LogP contribution in [0.2, 0.25) is 0 Å². The highest BCUT2D eigenvalue weighted by Gasteiger charge is 2.21. The van der Waals surface area contributed by atoms with Gasteiger partial charge in [-0.05, 0) is 48.9 Å². The number of hydrazone groups is 1. The molecule has 0 unspecified atom stereocenters. The Hall–Kier alpha value is -4.39. The van der Waals surface area contributed by atoms with E-state index in [2.05, 4.69) is 15.5 Å². The molecular formula is C19H15N5O7S. The lowest BCUT2D eigenvalue weighted by Crippen LogP contribution is -2.10. The summed E-state index contributed by atoms with van der Waals surface area (Å²) in [5.41, 5.74) is 3.06. The molecule has 164 valence electrons. The van der Waals surface area contributed by atoms with Crippen LogP contribution >= 0.6 is 0 Å². The molecule has 0 fully saturated rings. The fourth-order valence-electron chi connectivity index (χ4n) is 2.46. The number of nitro groups is 2. The van der Waals surface area contributed by atoms with E-state index in [4.69, 9.17) is 4.18 Å². The van der Waals surface area contributed by atoms with Crippen molar-refractivity contribution in [3.05, 3.63) is 92.1 Å². The lowest BCUT2D eigenvalue weighted by Gasteiger charge is -2.08. The second kappa shape index (κ2) is 9.18. The molecule has 0 saturated carbocycles. The summed E-state index contributed by atoms with van der Waals surface area (Å²) in [5, 5.41) is 25.6. The number of rotatable bonds is 8. The van der Waals surface area contributed by atoms with Crippen molar-refractivity contribution in [2.24, 2.45) is 5.10 Å². The van der Waals surface area contributed by atoms with Gasteiger partial charge in [-0.3, -0.25) is 25.7 Å². The first-order chi connectivity index (χ1) is 15.2. The van der Waals surface area contributed by atoms with Gasteiger partial charge in [0.1, 0.15) is 22.7 Å². The molecule has 3 aromatic rings. The number of nitrogens with zero attached hydrogens (tertiary/aromatic N) is 4. The second-order valence-electron chi connectivity index (χ2n) is 6.34. The van der Waals surface area contributed by atoms with Gasteiger partial charge in [0, 0.05) is 17.7 Å². The van der Waals surface area contributed by atoms with Crippen molar-refractivity contribution in [1.29, 1.82) is 0 Å². The maximum atomic E-state index is 12.4. The van der Waals surface area contributed by atoms with Gasteiger partial charge in [0.25, 0.3) is 11.4 Å². The molecule has 1 heterocycles. The van der Waals surface area contributed by atoms with Crippen molar-refractivity contribution in [1.82, 2.24) is 4.98 Å². The second-order valence-corrected chi connectivity index (χ2v) is 7.89. The third-order valence-corrected chi connectivity index (χ3v) is 5.35. The van der Waals surface area contributed by atoms with E-state index in [1.54, 1.807) is 0 Å². The predicted octanol–water partition coefficient (Wildman–Crippen LogP) is 3.42. The number of nitro benzene ring substituents is 1. The van der Waals surface area contributed by atoms with E-state index in [-0.39, 0.29) is 22.0 Å². The van der Waals surface area contributed by atoms with Gasteiger partial charge in [-0.1, -0.05) is 6.07 Å². The maximum absolute atomic E-state index is 12.4. The highest BCUT2D eigenvalue weighted by molar-refractivity contribution is 7.87. The van der Waals surface area contributed by atoms with E-state index in [9.17, 15) is 28.6 Å². The normalized spacial score (nSPS) is 11.3. The van der Waals surface area contributed by atoms with Crippen molar-refractivity contribution >= 4 is 33.5 Å². The zero-order valence-corrected chi connectivity index (χ0v) is 17.2. The Morgan fingerprint density at radius 3 is 2.34 bits per heavy atom. The molecule has 1 aromatic heterocycles. The van der Waals surface area contributed by atoms with Gasteiger partial charge in [-0.25, -0.2) is 4.98 Å². The molecule has 0 amide bonds. The van der Waals surface area contributed by atoms with E-state index in [1.807, 2.05) is 0 Å². The first-order valence-electron chi connectivity index (χ1n) is 8.85. The van der Waals surface area contributed by atoms with Crippen molar-refractivity contribution in [2.45, 2.75) is 11.8 Å². The molecule has 0 saturated heterocycles. The molecule has 0 atom stereocenters. The number of pyridine rings is 1. The summed E-state index contributed by atoms with van der Waals surface area (Å²) in [7, 11) is -4.27. The Balaban J connectivity index is 1.66. The first kappa shape index (κ1) is 22.3. The summed E-state index contributed by atoms with van der Waals surface area (Å²) in [5.74, 6) is 0.306. The minimum atomic E-state index is -4.27. The summed E-state index contributed by atoms with van der Waals surface area (Å²) in [6.07, 6.45) is 2.51. The molecule has 0 radical (unpaired) electrons. The Morgan fingerprint density at radius 1 is 1.03 bits per heavy atom. The average molecular weight is 457 g/mol. The number of aryl methyl sites for hydroxylation is 1. The number of nitrogens with one attached hydrogen (secondary N) is 1. The van der Waals surface area contributed by atoms with Crippen molar-refractivity contribution in [2.75, 3.05) is 5.43 Å². The number of hydrogen-bond donors (Lipinski definition) is 1. The van der Waals surface area contributed by atoms with Crippen LogP contribution in [0, 0.1) is 27.2 Å². The van der Waals surface area contributed by atoms with E-state index in [0.29, 0.717) is 16.9 Å². The highest BCUT2D eigenvalue weighted by Crippen LogP contribution is 2.25. The minimum Gasteiger partial charge on any atom is -0.379 e. The molecule has 12 nitrogen and oxygen atoms in total. The number of benzene rings is 2. The van der Waals surface area contributed by atoms with Gasteiger partial charge in [0.2, 0.25) is 0 Å². The van der Waals surface area contributed by atoms with Gasteiger partial charge in [0.05, 0.1) is 16.1 Å². The van der Waals surface area contributed by atoms with Gasteiger partial charge in [0.15, 0.2) is 0 Å². The van der Waals surface area contributed by atoms with Crippen LogP contribution in [0.4, 0.5) is 17.2 Å². The Kier molecular flexibility index (Phi) is 6.39. The topological polar surface area (TPSA) is 167 Å². The minimum absolute atomic E-state index is 0.00960. The van der Waals surface area contributed by atoms with Crippen LogP contribution in [-0.4, -0.2) is 29.5 Å². The summed E-state index contributed by atoms with van der Waals surface area (Å²) in [6.45, 7) is 1.50. The molecular weight excluding hydrogens is 442 g/mol. The molecule has 3 rings (SSSR count). The van der Waals surface area contributed by atoms with Gasteiger partial charge >= 0.3 is 10.1 Å². The van der Waals surface area contributed by atoms with Crippen LogP contribution in [0.1, 0.15) is 11.1 Å². The molecule has 0 aliphatic heterocycles. The smallest absolute Gasteiger partial charge is 0.339 e. The molecule has 13 heteroatoms. The first-order valence-corrected chi connectivity index (χ1v) is 10.3. The highest BCUT2D eigenvalue weighted by atomic mass is 32.2. The summed E-state index contributed by atoms with van der Waals surface area (Å²) in [6, 6.07) is 12.1. The number of anilines is 1. The molecule has 32 heavy (non-hydrogen) atoms. The van der Waals surface area contributed by atoms with E-state index in [0.717, 1.165) is 12.3 Å². The van der Waals surface area contributed by atoms with Crippen LogP contribution in [-0.2, 0) is 10.1 Å². The largest absolute Gasteiger partial charge is 0.379 e. The van der Waals surface area contributed by atoms with Crippen molar-refractivity contribution in [3.8, 4) is 5.75 Å². The molecule has 2 aromatic carbocycles. The lowest BCUT2D eigenvalue weighted by molar-refractivity contribution is -0.385. The average Bonchev–Trinajstić information content (AvgIpc) is 2.75. The van der Waals surface area contributed by atoms with Gasteiger partial charge < -0.3 is 4.18 Å². The van der Waals surface area contributed by atoms with Crippen LogP contribution in [0.25, 0.3) is 0 Å². The third kappa shape index (κ3) is 5.40. The Labute approximate surface area is 181 Å². The quantitative estimate of drug-likeness (QED) is 0.231. The van der Waals surface area contributed by atoms with Crippen LogP contribution in [0.5, 0.6) is 5.75 Å². The molecule has 1 N–H and O–H groups in total. The zero-order valence-electron chi connectivity index (χ0n) is 16.4. The zero-order chi connectivity index (χ0) is 23.3. The molecule has 0 aliphatic rings. The molecule has 0 aliphatic carbocycles. The van der Waals surface area contributed by atoms with Crippen molar-refractivity contribution in [3.63, 3.8) is 0 Å².